The number of ether oxygens (including phenoxy) is 1. The molecule has 1 atom stereocenters. The first-order valence-electron chi connectivity index (χ1n) is 8.74. The summed E-state index contributed by atoms with van der Waals surface area (Å²) in [5, 5.41) is 1.12. The summed E-state index contributed by atoms with van der Waals surface area (Å²) in [6, 6.07) is 10.2. The number of carbonyl (C=O) groups is 2. The van der Waals surface area contributed by atoms with Crippen molar-refractivity contribution in [2.75, 3.05) is 12.4 Å². The van der Waals surface area contributed by atoms with E-state index >= 15 is 0 Å². The smallest absolute Gasteiger partial charge is 0.342 e. The molecule has 0 saturated heterocycles. The molecule has 0 spiro atoms. The molecule has 0 unspecified atom stereocenters. The minimum absolute atomic E-state index is 0.181. The van der Waals surface area contributed by atoms with Crippen LogP contribution >= 0.6 is 0 Å². The zero-order chi connectivity index (χ0) is 20.3. The van der Waals surface area contributed by atoms with Gasteiger partial charge >= 0.3 is 5.97 Å². The van der Waals surface area contributed by atoms with Gasteiger partial charge in [0.1, 0.15) is 17.1 Å². The number of aryl methyl sites for hydroxylation is 2. The van der Waals surface area contributed by atoms with E-state index in [2.05, 4.69) is 0 Å². The van der Waals surface area contributed by atoms with Crippen molar-refractivity contribution in [2.45, 2.75) is 26.4 Å². The number of amides is 1. The summed E-state index contributed by atoms with van der Waals surface area (Å²) >= 11 is 0. The molecule has 0 aliphatic carbocycles. The van der Waals surface area contributed by atoms with Gasteiger partial charge in [-0.1, -0.05) is 30.3 Å². The Morgan fingerprint density at radius 2 is 1.93 bits per heavy atom. The van der Waals surface area contributed by atoms with Gasteiger partial charge < -0.3 is 14.1 Å². The summed E-state index contributed by atoms with van der Waals surface area (Å²) in [5.41, 5.74) is 1.12. The summed E-state index contributed by atoms with van der Waals surface area (Å²) in [5.74, 6) is -0.318. The van der Waals surface area contributed by atoms with Crippen LogP contribution in [-0.2, 0) is 25.9 Å². The molecule has 0 fully saturated rings. The highest BCUT2D eigenvalue weighted by Crippen LogP contribution is 2.19. The average molecular weight is 403 g/mol. The molecule has 148 valence electrons. The maximum absolute atomic E-state index is 12.8. The first-order valence-corrected chi connectivity index (χ1v) is 10.5. The van der Waals surface area contributed by atoms with Crippen LogP contribution in [-0.4, -0.2) is 43.6 Å². The lowest BCUT2D eigenvalue weighted by Gasteiger charge is -2.27. The fraction of sp³-hybridized carbons (Fsp3) is 0.300. The molecule has 1 amide bonds. The van der Waals surface area contributed by atoms with Crippen molar-refractivity contribution in [3.05, 3.63) is 70.5 Å². The van der Waals surface area contributed by atoms with Gasteiger partial charge in [-0.25, -0.2) is 13.2 Å². The van der Waals surface area contributed by atoms with Gasteiger partial charge in [0.05, 0.1) is 11.8 Å². The molecular weight excluding hydrogens is 382 g/mol. The van der Waals surface area contributed by atoms with Crippen LogP contribution in [0, 0.1) is 13.8 Å². The first kappa shape index (κ1) is 19.9. The van der Waals surface area contributed by atoms with Crippen LogP contribution in [0.3, 0.4) is 0 Å². The van der Waals surface area contributed by atoms with E-state index in [1.54, 1.807) is 19.9 Å². The molecular formula is C20H21NO6S. The minimum Gasteiger partial charge on any atom is -0.466 e. The normalized spacial score (nSPS) is 17.4. The van der Waals surface area contributed by atoms with Gasteiger partial charge in [-0.05, 0) is 31.6 Å². The third-order valence-electron chi connectivity index (χ3n) is 4.42. The Bertz CT molecular complexity index is 1010. The van der Waals surface area contributed by atoms with Crippen molar-refractivity contribution in [1.82, 2.24) is 4.90 Å². The second kappa shape index (κ2) is 8.02. The van der Waals surface area contributed by atoms with Gasteiger partial charge in [0.15, 0.2) is 16.4 Å². The van der Waals surface area contributed by atoms with Gasteiger partial charge in [-0.2, -0.15) is 0 Å². The van der Waals surface area contributed by atoms with E-state index in [1.165, 1.54) is 11.0 Å². The van der Waals surface area contributed by atoms with Crippen LogP contribution in [0.15, 0.2) is 52.3 Å². The number of carbonyl (C=O) groups excluding carboxylic acids is 2. The second-order valence-corrected chi connectivity index (χ2v) is 8.57. The molecule has 3 rings (SSSR count). The van der Waals surface area contributed by atoms with Gasteiger partial charge in [0.25, 0.3) is 5.91 Å². The number of hydrogen-bond donors (Lipinski definition) is 0. The summed E-state index contributed by atoms with van der Waals surface area (Å²) in [6.45, 7) is 3.08. The van der Waals surface area contributed by atoms with Gasteiger partial charge in [-0.3, -0.25) is 4.79 Å². The lowest BCUT2D eigenvalue weighted by molar-refractivity contribution is -0.136. The quantitative estimate of drug-likeness (QED) is 0.688. The highest BCUT2D eigenvalue weighted by molar-refractivity contribution is 7.94. The Hall–Kier alpha value is -2.87. The molecule has 1 aliphatic rings. The Kier molecular flexibility index (Phi) is 5.69. The maximum Gasteiger partial charge on any atom is 0.342 e. The number of hydrogen-bond acceptors (Lipinski definition) is 6. The van der Waals surface area contributed by atoms with Crippen molar-refractivity contribution in [3.63, 3.8) is 0 Å². The lowest BCUT2D eigenvalue weighted by Crippen LogP contribution is -2.42. The molecule has 8 heteroatoms. The third kappa shape index (κ3) is 4.69. The van der Waals surface area contributed by atoms with Gasteiger partial charge in [-0.15, -0.1) is 0 Å². The highest BCUT2D eigenvalue weighted by Gasteiger charge is 2.31. The summed E-state index contributed by atoms with van der Waals surface area (Å²) in [4.78, 5) is 26.4. The van der Waals surface area contributed by atoms with Gasteiger partial charge in [0, 0.05) is 12.0 Å². The highest BCUT2D eigenvalue weighted by atomic mass is 32.2. The predicted molar refractivity (Wildman–Crippen MR) is 102 cm³/mol. The van der Waals surface area contributed by atoms with Crippen molar-refractivity contribution >= 4 is 21.7 Å². The zero-order valence-electron chi connectivity index (χ0n) is 15.6. The molecule has 0 saturated carbocycles. The maximum atomic E-state index is 12.8. The van der Waals surface area contributed by atoms with E-state index in [1.807, 2.05) is 30.3 Å². The molecule has 28 heavy (non-hydrogen) atoms. The number of benzene rings is 1. The largest absolute Gasteiger partial charge is 0.466 e. The summed E-state index contributed by atoms with van der Waals surface area (Å²) < 4.78 is 34.0. The summed E-state index contributed by atoms with van der Waals surface area (Å²) in [7, 11) is -3.34. The van der Waals surface area contributed by atoms with Crippen LogP contribution in [0.25, 0.3) is 0 Å². The fourth-order valence-electron chi connectivity index (χ4n) is 3.05. The molecule has 1 aromatic carbocycles. The van der Waals surface area contributed by atoms with Crippen LogP contribution in [0.5, 0.6) is 0 Å². The SMILES string of the molecule is Cc1cc(C(=O)OCC(=O)N(Cc2ccccc2)[C@@H]2C=CS(=O)(=O)C2)c(C)o1. The number of esters is 1. The Labute approximate surface area is 163 Å². The number of rotatable bonds is 6. The molecule has 0 bridgehead atoms. The van der Waals surface area contributed by atoms with E-state index in [4.69, 9.17) is 9.15 Å². The molecule has 0 radical (unpaired) electrons. The molecule has 0 N–H and O–H groups in total. The monoisotopic (exact) mass is 403 g/mol. The molecule has 2 heterocycles. The minimum atomic E-state index is -3.34. The van der Waals surface area contributed by atoms with Crippen molar-refractivity contribution < 1.29 is 27.2 Å². The predicted octanol–water partition coefficient (Wildman–Crippen LogP) is 2.39. The number of nitrogens with zero attached hydrogens (tertiary/aromatic N) is 1. The van der Waals surface area contributed by atoms with Crippen LogP contribution in [0.4, 0.5) is 0 Å². The van der Waals surface area contributed by atoms with E-state index in [0.29, 0.717) is 11.5 Å². The second-order valence-electron chi connectivity index (χ2n) is 6.64. The van der Waals surface area contributed by atoms with E-state index < -0.39 is 34.4 Å². The van der Waals surface area contributed by atoms with Gasteiger partial charge in [0.2, 0.25) is 0 Å². The molecule has 7 nitrogen and oxygen atoms in total. The summed E-state index contributed by atoms with van der Waals surface area (Å²) in [6.07, 6.45) is 1.49. The lowest BCUT2D eigenvalue weighted by atomic mass is 10.2. The van der Waals surface area contributed by atoms with Crippen LogP contribution in [0.1, 0.15) is 27.4 Å². The number of sulfone groups is 1. The fourth-order valence-corrected chi connectivity index (χ4v) is 4.34. The Morgan fingerprint density at radius 3 is 2.50 bits per heavy atom. The van der Waals surface area contributed by atoms with Crippen molar-refractivity contribution in [3.8, 4) is 0 Å². The average Bonchev–Trinajstić information content (AvgIpc) is 3.18. The Balaban J connectivity index is 1.72. The van der Waals surface area contributed by atoms with Crippen LogP contribution < -0.4 is 0 Å². The first-order chi connectivity index (χ1) is 13.2. The zero-order valence-corrected chi connectivity index (χ0v) is 16.4. The number of furan rings is 1. The van der Waals surface area contributed by atoms with Crippen molar-refractivity contribution in [1.29, 1.82) is 0 Å². The van der Waals surface area contributed by atoms with E-state index in [0.717, 1.165) is 11.0 Å². The van der Waals surface area contributed by atoms with Crippen LogP contribution in [0.2, 0.25) is 0 Å². The molecule has 2 aromatic rings. The van der Waals surface area contributed by atoms with E-state index in [-0.39, 0.29) is 17.9 Å². The standard InChI is InChI=1S/C20H21NO6S/c1-14-10-18(15(2)27-14)20(23)26-12-19(22)21(11-16-6-4-3-5-7-16)17-8-9-28(24,25)13-17/h3-10,17H,11-13H2,1-2H3/t17-/m1/s1. The molecule has 1 aromatic heterocycles. The topological polar surface area (TPSA) is 93.9 Å². The molecule has 1 aliphatic heterocycles. The Morgan fingerprint density at radius 1 is 1.21 bits per heavy atom. The third-order valence-corrected chi connectivity index (χ3v) is 5.79. The van der Waals surface area contributed by atoms with Crippen molar-refractivity contribution in [2.24, 2.45) is 0 Å². The van der Waals surface area contributed by atoms with E-state index in [9.17, 15) is 18.0 Å².